The molecule has 5 heteroatoms. The number of terminal acetylenes is 1. The van der Waals surface area contributed by atoms with Crippen LogP contribution in [0.1, 0.15) is 18.1 Å². The molecule has 0 radical (unpaired) electrons. The normalized spacial score (nSPS) is 10.4. The zero-order valence-corrected chi connectivity index (χ0v) is 15.3. The third kappa shape index (κ3) is 5.14. The monoisotopic (exact) mass is 360 g/mol. The van der Waals surface area contributed by atoms with Gasteiger partial charge in [-0.15, -0.1) is 6.42 Å². The van der Waals surface area contributed by atoms with E-state index in [0.29, 0.717) is 22.7 Å². The van der Waals surface area contributed by atoms with Gasteiger partial charge < -0.3 is 14.8 Å². The molecular formula is C22H20N2O3. The van der Waals surface area contributed by atoms with Crippen molar-refractivity contribution < 1.29 is 14.3 Å². The molecule has 0 heterocycles. The minimum atomic E-state index is -0.468. The number of anilines is 1. The molecule has 5 nitrogen and oxygen atoms in total. The average molecular weight is 360 g/mol. The van der Waals surface area contributed by atoms with Crippen molar-refractivity contribution in [2.75, 3.05) is 19.0 Å². The number of hydrogen-bond acceptors (Lipinski definition) is 4. The molecule has 2 rings (SSSR count). The van der Waals surface area contributed by atoms with E-state index < -0.39 is 5.91 Å². The number of ether oxygens (including phenoxy) is 2. The number of hydrogen-bond donors (Lipinski definition) is 1. The quantitative estimate of drug-likeness (QED) is 0.463. The van der Waals surface area contributed by atoms with Crippen LogP contribution in [0, 0.1) is 23.7 Å². The predicted octanol–water partition coefficient (Wildman–Crippen LogP) is 3.82. The second kappa shape index (κ2) is 9.70. The number of nitrogens with one attached hydrogen (secondary N) is 1. The second-order valence-electron chi connectivity index (χ2n) is 5.54. The van der Waals surface area contributed by atoms with Gasteiger partial charge in [-0.3, -0.25) is 4.79 Å². The SMILES string of the molecule is C#CCOc1ccc(/C=C(\C#N)C(=O)Nc2ccccc2CC)cc1OC. The van der Waals surface area contributed by atoms with E-state index in [4.69, 9.17) is 15.9 Å². The van der Waals surface area contributed by atoms with Crippen molar-refractivity contribution in [2.45, 2.75) is 13.3 Å². The van der Waals surface area contributed by atoms with E-state index in [9.17, 15) is 10.1 Å². The number of nitrogens with zero attached hydrogens (tertiary/aromatic N) is 1. The van der Waals surface area contributed by atoms with Crippen molar-refractivity contribution in [3.8, 4) is 29.9 Å². The molecule has 27 heavy (non-hydrogen) atoms. The summed E-state index contributed by atoms with van der Waals surface area (Å²) in [6.45, 7) is 2.12. The topological polar surface area (TPSA) is 71.3 Å². The summed E-state index contributed by atoms with van der Waals surface area (Å²) in [4.78, 5) is 12.5. The highest BCUT2D eigenvalue weighted by molar-refractivity contribution is 6.10. The van der Waals surface area contributed by atoms with Crippen molar-refractivity contribution in [3.05, 3.63) is 59.2 Å². The van der Waals surface area contributed by atoms with Crippen molar-refractivity contribution >= 4 is 17.7 Å². The third-order valence-corrected chi connectivity index (χ3v) is 3.82. The van der Waals surface area contributed by atoms with Crippen molar-refractivity contribution in [1.29, 1.82) is 5.26 Å². The molecule has 2 aromatic rings. The molecule has 0 aliphatic heterocycles. The molecule has 0 spiro atoms. The highest BCUT2D eigenvalue weighted by Gasteiger charge is 2.12. The Morgan fingerprint density at radius 2 is 2.04 bits per heavy atom. The lowest BCUT2D eigenvalue weighted by molar-refractivity contribution is -0.112. The Balaban J connectivity index is 2.26. The molecule has 0 unspecified atom stereocenters. The van der Waals surface area contributed by atoms with Crippen LogP contribution < -0.4 is 14.8 Å². The first-order valence-electron chi connectivity index (χ1n) is 8.38. The lowest BCUT2D eigenvalue weighted by Crippen LogP contribution is -2.14. The lowest BCUT2D eigenvalue weighted by atomic mass is 10.1. The Kier molecular flexibility index (Phi) is 7.05. The smallest absolute Gasteiger partial charge is 0.266 e. The molecule has 1 amide bonds. The Bertz CT molecular complexity index is 933. The highest BCUT2D eigenvalue weighted by Crippen LogP contribution is 2.29. The first kappa shape index (κ1) is 19.6. The van der Waals surface area contributed by atoms with E-state index in [1.807, 2.05) is 37.3 Å². The van der Waals surface area contributed by atoms with Crippen LogP contribution in [0.4, 0.5) is 5.69 Å². The summed E-state index contributed by atoms with van der Waals surface area (Å²) < 4.78 is 10.7. The predicted molar refractivity (Wildman–Crippen MR) is 105 cm³/mol. The fourth-order valence-corrected chi connectivity index (χ4v) is 2.47. The molecule has 0 aromatic heterocycles. The van der Waals surface area contributed by atoms with Crippen LogP contribution in [0.3, 0.4) is 0 Å². The molecule has 0 atom stereocenters. The maximum atomic E-state index is 12.5. The first-order valence-corrected chi connectivity index (χ1v) is 8.38. The number of aryl methyl sites for hydroxylation is 1. The molecule has 0 saturated carbocycles. The summed E-state index contributed by atoms with van der Waals surface area (Å²) in [5, 5.41) is 12.2. The van der Waals surface area contributed by atoms with Crippen LogP contribution in [-0.2, 0) is 11.2 Å². The van der Waals surface area contributed by atoms with Gasteiger partial charge in [0.2, 0.25) is 0 Å². The summed E-state index contributed by atoms with van der Waals surface area (Å²) in [5.41, 5.74) is 2.32. The van der Waals surface area contributed by atoms with Gasteiger partial charge in [-0.25, -0.2) is 0 Å². The van der Waals surface area contributed by atoms with E-state index in [1.165, 1.54) is 13.2 Å². The molecular weight excluding hydrogens is 340 g/mol. The van der Waals surface area contributed by atoms with E-state index >= 15 is 0 Å². The molecule has 136 valence electrons. The van der Waals surface area contributed by atoms with Crippen molar-refractivity contribution in [3.63, 3.8) is 0 Å². The summed E-state index contributed by atoms with van der Waals surface area (Å²) in [7, 11) is 1.51. The van der Waals surface area contributed by atoms with Crippen LogP contribution >= 0.6 is 0 Å². The molecule has 0 saturated heterocycles. The van der Waals surface area contributed by atoms with Crippen molar-refractivity contribution in [2.24, 2.45) is 0 Å². The summed E-state index contributed by atoms with van der Waals surface area (Å²) >= 11 is 0. The second-order valence-corrected chi connectivity index (χ2v) is 5.54. The van der Waals surface area contributed by atoms with E-state index in [-0.39, 0.29) is 12.2 Å². The number of nitriles is 1. The van der Waals surface area contributed by atoms with E-state index in [0.717, 1.165) is 12.0 Å². The van der Waals surface area contributed by atoms with Crippen LogP contribution in [0.25, 0.3) is 6.08 Å². The van der Waals surface area contributed by atoms with Crippen LogP contribution in [0.15, 0.2) is 48.0 Å². The number of carbonyl (C=O) groups excluding carboxylic acids is 1. The van der Waals surface area contributed by atoms with Gasteiger partial charge in [0.05, 0.1) is 7.11 Å². The van der Waals surface area contributed by atoms with Crippen LogP contribution in [-0.4, -0.2) is 19.6 Å². The molecule has 0 fully saturated rings. The van der Waals surface area contributed by atoms with Crippen molar-refractivity contribution in [1.82, 2.24) is 0 Å². The zero-order chi connectivity index (χ0) is 19.6. The van der Waals surface area contributed by atoms with Gasteiger partial charge in [-0.05, 0) is 41.8 Å². The Labute approximate surface area is 159 Å². The number of benzene rings is 2. The van der Waals surface area contributed by atoms with Gasteiger partial charge in [-0.2, -0.15) is 5.26 Å². The summed E-state index contributed by atoms with van der Waals surface area (Å²) in [6, 6.07) is 14.5. The van der Waals surface area contributed by atoms with Gasteiger partial charge in [0.1, 0.15) is 18.2 Å². The molecule has 1 N–H and O–H groups in total. The standard InChI is InChI=1S/C22H20N2O3/c1-4-12-27-20-11-10-16(14-21(20)26-3)13-18(15-23)22(25)24-19-9-7-6-8-17(19)5-2/h1,6-11,13-14H,5,12H2,2-3H3,(H,24,25)/b18-13+. The van der Waals surface area contributed by atoms with Gasteiger partial charge in [0.15, 0.2) is 11.5 Å². The average Bonchev–Trinajstić information content (AvgIpc) is 2.71. The van der Waals surface area contributed by atoms with Gasteiger partial charge >= 0.3 is 0 Å². The Morgan fingerprint density at radius 3 is 2.70 bits per heavy atom. The summed E-state index contributed by atoms with van der Waals surface area (Å²) in [6.07, 6.45) is 7.47. The maximum absolute atomic E-state index is 12.5. The van der Waals surface area contributed by atoms with E-state index in [1.54, 1.807) is 18.2 Å². The number of para-hydroxylation sites is 1. The fraction of sp³-hybridized carbons (Fsp3) is 0.182. The van der Waals surface area contributed by atoms with Gasteiger partial charge in [0.25, 0.3) is 5.91 Å². The summed E-state index contributed by atoms with van der Waals surface area (Å²) in [5.74, 6) is 2.88. The highest BCUT2D eigenvalue weighted by atomic mass is 16.5. The van der Waals surface area contributed by atoms with Gasteiger partial charge in [0, 0.05) is 5.69 Å². The van der Waals surface area contributed by atoms with E-state index in [2.05, 4.69) is 11.2 Å². The number of rotatable bonds is 7. The minimum absolute atomic E-state index is 0.0137. The molecule has 2 aromatic carbocycles. The van der Waals surface area contributed by atoms with Gasteiger partial charge in [-0.1, -0.05) is 37.1 Å². The van der Waals surface area contributed by atoms with Crippen LogP contribution in [0.2, 0.25) is 0 Å². The largest absolute Gasteiger partial charge is 0.493 e. The number of methoxy groups -OCH3 is 1. The molecule has 0 aliphatic carbocycles. The lowest BCUT2D eigenvalue weighted by Gasteiger charge is -2.10. The Morgan fingerprint density at radius 1 is 1.26 bits per heavy atom. The number of carbonyl (C=O) groups is 1. The third-order valence-electron chi connectivity index (χ3n) is 3.82. The fourth-order valence-electron chi connectivity index (χ4n) is 2.47. The molecule has 0 bridgehead atoms. The number of amides is 1. The minimum Gasteiger partial charge on any atom is -0.493 e. The zero-order valence-electron chi connectivity index (χ0n) is 15.3. The maximum Gasteiger partial charge on any atom is 0.266 e. The Hall–Kier alpha value is -3.70. The first-order chi connectivity index (χ1) is 13.1. The molecule has 0 aliphatic rings. The van der Waals surface area contributed by atoms with Crippen LogP contribution in [0.5, 0.6) is 11.5 Å².